The molecule has 2 heteroatoms. The summed E-state index contributed by atoms with van der Waals surface area (Å²) >= 11 is 0. The molecular weight excluding hydrogens is 90.1 g/mol. The monoisotopic (exact) mass is 100 g/mol. The molecule has 1 atom stereocenters. The molecule has 2 nitrogen and oxygen atoms in total. The van der Waals surface area contributed by atoms with Gasteiger partial charge in [0.15, 0.2) is 0 Å². The summed E-state index contributed by atoms with van der Waals surface area (Å²) in [5.41, 5.74) is 0. The molecule has 1 unspecified atom stereocenters. The average molecular weight is 100 g/mol. The molecule has 0 aromatic rings. The average Bonchev–Trinajstić information content (AvgIpc) is 1.72. The first-order valence-electron chi connectivity index (χ1n) is 2.25. The molecular formula is C5H10NO. The molecule has 7 heavy (non-hydrogen) atoms. The minimum Gasteiger partial charge on any atom is -0.396 e. The molecule has 41 valence electrons. The van der Waals surface area contributed by atoms with Gasteiger partial charge >= 0.3 is 0 Å². The van der Waals surface area contributed by atoms with E-state index in [0.29, 0.717) is 6.42 Å². The predicted octanol–water partition coefficient (Wildman–Crippen LogP) is 0.469. The van der Waals surface area contributed by atoms with Gasteiger partial charge < -0.3 is 10.5 Å². The highest BCUT2D eigenvalue weighted by Gasteiger charge is 1.95. The molecule has 0 aliphatic heterocycles. The Morgan fingerprint density at radius 1 is 1.86 bits per heavy atom. The van der Waals surface area contributed by atoms with Crippen molar-refractivity contribution < 1.29 is 5.11 Å². The van der Waals surface area contributed by atoms with Crippen LogP contribution in [0.15, 0.2) is 0 Å². The Morgan fingerprint density at radius 2 is 2.43 bits per heavy atom. The van der Waals surface area contributed by atoms with Crippen molar-refractivity contribution in [3.8, 4) is 0 Å². The Morgan fingerprint density at radius 3 is 2.43 bits per heavy atom. The summed E-state index contributed by atoms with van der Waals surface area (Å²) in [4.78, 5) is 0. The third-order valence-electron chi connectivity index (χ3n) is 0.841. The van der Waals surface area contributed by atoms with Gasteiger partial charge in [-0.2, -0.15) is 0 Å². The van der Waals surface area contributed by atoms with Crippen molar-refractivity contribution >= 4 is 6.21 Å². The molecule has 0 heterocycles. The van der Waals surface area contributed by atoms with Gasteiger partial charge in [-0.3, -0.25) is 0 Å². The van der Waals surface area contributed by atoms with E-state index >= 15 is 0 Å². The van der Waals surface area contributed by atoms with Crippen LogP contribution < -0.4 is 0 Å². The van der Waals surface area contributed by atoms with Crippen molar-refractivity contribution in [2.75, 3.05) is 6.61 Å². The van der Waals surface area contributed by atoms with Crippen molar-refractivity contribution in [3.63, 3.8) is 0 Å². The highest BCUT2D eigenvalue weighted by Crippen LogP contribution is 1.93. The Balaban J connectivity index is 3.16. The van der Waals surface area contributed by atoms with E-state index in [4.69, 9.17) is 10.5 Å². The molecule has 0 fully saturated rings. The summed E-state index contributed by atoms with van der Waals surface area (Å²) in [5, 5.41) is 15.0. The lowest BCUT2D eigenvalue weighted by molar-refractivity contribution is 0.264. The molecule has 1 radical (unpaired) electrons. The molecule has 0 aromatic heterocycles. The van der Waals surface area contributed by atoms with Gasteiger partial charge in [-0.15, -0.1) is 0 Å². The molecule has 0 amide bonds. The van der Waals surface area contributed by atoms with Crippen molar-refractivity contribution in [3.05, 3.63) is 6.92 Å². The van der Waals surface area contributed by atoms with E-state index in [1.165, 1.54) is 6.21 Å². The van der Waals surface area contributed by atoms with E-state index in [0.717, 1.165) is 0 Å². The Bertz CT molecular complexity index is 50.0. The maximum atomic E-state index is 8.33. The van der Waals surface area contributed by atoms with Crippen LogP contribution in [0.25, 0.3) is 0 Å². The molecule has 0 spiro atoms. The van der Waals surface area contributed by atoms with Crippen LogP contribution in [0.1, 0.15) is 6.42 Å². The number of aliphatic hydroxyl groups excluding tert-OH is 1. The second kappa shape index (κ2) is 3.81. The Kier molecular flexibility index (Phi) is 3.61. The van der Waals surface area contributed by atoms with Gasteiger partial charge in [0.05, 0.1) is 6.61 Å². The lowest BCUT2D eigenvalue weighted by Gasteiger charge is -1.99. The zero-order valence-electron chi connectivity index (χ0n) is 4.22. The topological polar surface area (TPSA) is 44.1 Å². The Labute approximate surface area is 43.7 Å². The fraction of sp³-hybridized carbons (Fsp3) is 0.600. The SMILES string of the molecule is [CH2]CC(C=N)CO. The van der Waals surface area contributed by atoms with Crippen molar-refractivity contribution in [1.29, 1.82) is 5.41 Å². The summed E-state index contributed by atoms with van der Waals surface area (Å²) in [6, 6.07) is 0. The molecule has 2 N–H and O–H groups in total. The molecule has 0 aliphatic carbocycles. The highest BCUT2D eigenvalue weighted by atomic mass is 16.3. The second-order valence-corrected chi connectivity index (χ2v) is 1.40. The second-order valence-electron chi connectivity index (χ2n) is 1.40. The number of aliphatic hydroxyl groups is 1. The molecule has 0 saturated heterocycles. The number of nitrogens with one attached hydrogen (secondary N) is 1. The van der Waals surface area contributed by atoms with Gasteiger partial charge in [-0.25, -0.2) is 0 Å². The maximum absolute atomic E-state index is 8.33. The summed E-state index contributed by atoms with van der Waals surface area (Å²) in [7, 11) is 0. The van der Waals surface area contributed by atoms with Crippen molar-refractivity contribution in [2.24, 2.45) is 5.92 Å². The smallest absolute Gasteiger partial charge is 0.0508 e. The van der Waals surface area contributed by atoms with Gasteiger partial charge in [-0.05, 0) is 6.42 Å². The minimum atomic E-state index is -0.0278. The normalized spacial score (nSPS) is 13.4. The lowest BCUT2D eigenvalue weighted by Crippen LogP contribution is -2.04. The molecule has 0 bridgehead atoms. The van der Waals surface area contributed by atoms with Crippen molar-refractivity contribution in [1.82, 2.24) is 0 Å². The van der Waals surface area contributed by atoms with E-state index in [2.05, 4.69) is 6.92 Å². The number of hydrogen-bond donors (Lipinski definition) is 2. The third-order valence-corrected chi connectivity index (χ3v) is 0.841. The van der Waals surface area contributed by atoms with Gasteiger partial charge in [0.2, 0.25) is 0 Å². The number of rotatable bonds is 3. The van der Waals surface area contributed by atoms with E-state index in [1.54, 1.807) is 0 Å². The van der Waals surface area contributed by atoms with Gasteiger partial charge in [0.25, 0.3) is 0 Å². The van der Waals surface area contributed by atoms with Crippen LogP contribution in [-0.4, -0.2) is 17.9 Å². The third kappa shape index (κ3) is 2.34. The zero-order chi connectivity index (χ0) is 5.70. The van der Waals surface area contributed by atoms with Crippen LogP contribution in [-0.2, 0) is 0 Å². The van der Waals surface area contributed by atoms with Crippen LogP contribution >= 0.6 is 0 Å². The predicted molar refractivity (Wildman–Crippen MR) is 29.3 cm³/mol. The maximum Gasteiger partial charge on any atom is 0.0508 e. The molecule has 0 aliphatic rings. The summed E-state index contributed by atoms with van der Waals surface area (Å²) in [6.07, 6.45) is 1.83. The van der Waals surface area contributed by atoms with Crippen LogP contribution in [0.4, 0.5) is 0 Å². The van der Waals surface area contributed by atoms with Crippen molar-refractivity contribution in [2.45, 2.75) is 6.42 Å². The van der Waals surface area contributed by atoms with E-state index in [1.807, 2.05) is 0 Å². The first kappa shape index (κ1) is 6.63. The summed E-state index contributed by atoms with van der Waals surface area (Å²) in [6.45, 7) is 3.57. The number of hydrogen-bond acceptors (Lipinski definition) is 2. The summed E-state index contributed by atoms with van der Waals surface area (Å²) in [5.74, 6) is -0.0278. The molecule has 0 rings (SSSR count). The van der Waals surface area contributed by atoms with E-state index in [-0.39, 0.29) is 12.5 Å². The van der Waals surface area contributed by atoms with Crippen LogP contribution in [0.5, 0.6) is 0 Å². The fourth-order valence-corrected chi connectivity index (χ4v) is 0.227. The highest BCUT2D eigenvalue weighted by molar-refractivity contribution is 5.56. The zero-order valence-corrected chi connectivity index (χ0v) is 4.22. The van der Waals surface area contributed by atoms with Crippen LogP contribution in [0.3, 0.4) is 0 Å². The fourth-order valence-electron chi connectivity index (χ4n) is 0.227. The minimum absolute atomic E-state index is 0.0278. The quantitative estimate of drug-likeness (QED) is 0.497. The van der Waals surface area contributed by atoms with Gasteiger partial charge in [0.1, 0.15) is 0 Å². The lowest BCUT2D eigenvalue weighted by atomic mass is 10.1. The first-order chi connectivity index (χ1) is 3.35. The molecule has 0 saturated carbocycles. The van der Waals surface area contributed by atoms with Gasteiger partial charge in [-0.1, -0.05) is 6.92 Å². The first-order valence-corrected chi connectivity index (χ1v) is 2.25. The van der Waals surface area contributed by atoms with E-state index < -0.39 is 0 Å². The standard InChI is InChI=1S/C5H10NO/c1-2-5(3-6)4-7/h3,5-7H,1-2,4H2. The van der Waals surface area contributed by atoms with Crippen LogP contribution in [0, 0.1) is 18.3 Å². The van der Waals surface area contributed by atoms with Crippen LogP contribution in [0.2, 0.25) is 0 Å². The molecule has 0 aromatic carbocycles. The Hall–Kier alpha value is -0.370. The van der Waals surface area contributed by atoms with Gasteiger partial charge in [0, 0.05) is 12.1 Å². The largest absolute Gasteiger partial charge is 0.396 e. The summed E-state index contributed by atoms with van der Waals surface area (Å²) < 4.78 is 0. The van der Waals surface area contributed by atoms with E-state index in [9.17, 15) is 0 Å².